The molecule has 0 saturated carbocycles. The first-order valence-electron chi connectivity index (χ1n) is 7.74. The van der Waals surface area contributed by atoms with Crippen molar-refractivity contribution in [2.45, 2.75) is 79.1 Å². The van der Waals surface area contributed by atoms with Gasteiger partial charge in [-0.25, -0.2) is 0 Å². The van der Waals surface area contributed by atoms with Crippen LogP contribution in [0.4, 0.5) is 0 Å². The van der Waals surface area contributed by atoms with Crippen LogP contribution in [-0.4, -0.2) is 22.2 Å². The zero-order valence-electron chi connectivity index (χ0n) is 13.4. The van der Waals surface area contributed by atoms with Crippen molar-refractivity contribution in [2.24, 2.45) is 10.8 Å². The molecule has 1 unspecified atom stereocenters. The van der Waals surface area contributed by atoms with E-state index in [9.17, 15) is 19.8 Å². The average Bonchev–Trinajstić information content (AvgIpc) is 2.42. The number of hydrogen-bond acceptors (Lipinski definition) is 2. The van der Waals surface area contributed by atoms with Crippen LogP contribution in [0, 0.1) is 10.8 Å². The molecular weight excluding hydrogens is 256 g/mol. The van der Waals surface area contributed by atoms with Crippen LogP contribution >= 0.6 is 0 Å². The Bertz CT molecular complexity index is 320. The standard InChI is InChI=1S/C16H30O4/c1-5-15(4,13(17)18)11-9-8-10-12-16(6-2,7-3)14(19)20/h5-12H2,1-4H3,(H,17,18)(H,19,20). The minimum atomic E-state index is -0.734. The Labute approximate surface area is 122 Å². The lowest BCUT2D eigenvalue weighted by Crippen LogP contribution is -2.29. The van der Waals surface area contributed by atoms with Gasteiger partial charge in [0.05, 0.1) is 10.8 Å². The number of unbranched alkanes of at least 4 members (excludes halogenated alkanes) is 2. The Morgan fingerprint density at radius 2 is 1.30 bits per heavy atom. The van der Waals surface area contributed by atoms with E-state index in [0.29, 0.717) is 32.1 Å². The molecule has 0 aliphatic rings. The second-order valence-corrected chi connectivity index (χ2v) is 6.07. The Hall–Kier alpha value is -1.06. The van der Waals surface area contributed by atoms with Crippen molar-refractivity contribution in [3.63, 3.8) is 0 Å². The second-order valence-electron chi connectivity index (χ2n) is 6.07. The van der Waals surface area contributed by atoms with Crippen LogP contribution in [-0.2, 0) is 9.59 Å². The molecule has 0 aliphatic carbocycles. The number of carboxylic acid groups (broad SMARTS) is 2. The van der Waals surface area contributed by atoms with E-state index >= 15 is 0 Å². The molecule has 0 spiro atoms. The molecule has 118 valence electrons. The third-order valence-electron chi connectivity index (χ3n) is 4.99. The molecule has 0 saturated heterocycles. The lowest BCUT2D eigenvalue weighted by atomic mass is 9.77. The van der Waals surface area contributed by atoms with Gasteiger partial charge < -0.3 is 10.2 Å². The summed E-state index contributed by atoms with van der Waals surface area (Å²) in [5.41, 5.74) is -1.24. The summed E-state index contributed by atoms with van der Waals surface area (Å²) >= 11 is 0. The van der Waals surface area contributed by atoms with Crippen LogP contribution < -0.4 is 0 Å². The van der Waals surface area contributed by atoms with Crippen molar-refractivity contribution in [3.05, 3.63) is 0 Å². The fourth-order valence-electron chi connectivity index (χ4n) is 2.60. The van der Waals surface area contributed by atoms with Gasteiger partial charge in [0.25, 0.3) is 0 Å². The largest absolute Gasteiger partial charge is 0.481 e. The fraction of sp³-hybridized carbons (Fsp3) is 0.875. The number of hydrogen-bond donors (Lipinski definition) is 2. The molecule has 0 bridgehead atoms. The van der Waals surface area contributed by atoms with Crippen LogP contribution in [0.25, 0.3) is 0 Å². The van der Waals surface area contributed by atoms with E-state index in [2.05, 4.69) is 0 Å². The molecule has 0 fully saturated rings. The zero-order valence-corrected chi connectivity index (χ0v) is 13.4. The van der Waals surface area contributed by atoms with E-state index in [1.807, 2.05) is 20.8 Å². The first-order chi connectivity index (χ1) is 9.28. The summed E-state index contributed by atoms with van der Waals surface area (Å²) in [6, 6.07) is 0. The first kappa shape index (κ1) is 18.9. The molecule has 2 N–H and O–H groups in total. The highest BCUT2D eigenvalue weighted by atomic mass is 16.4. The molecule has 0 aliphatic heterocycles. The molecule has 0 rings (SSSR count). The maximum atomic E-state index is 11.4. The zero-order chi connectivity index (χ0) is 15.8. The van der Waals surface area contributed by atoms with Gasteiger partial charge in [0, 0.05) is 0 Å². The van der Waals surface area contributed by atoms with Crippen LogP contribution in [0.5, 0.6) is 0 Å². The van der Waals surface area contributed by atoms with Crippen molar-refractivity contribution in [3.8, 4) is 0 Å². The van der Waals surface area contributed by atoms with Gasteiger partial charge in [0.15, 0.2) is 0 Å². The van der Waals surface area contributed by atoms with Crippen molar-refractivity contribution >= 4 is 11.9 Å². The van der Waals surface area contributed by atoms with Crippen molar-refractivity contribution in [1.29, 1.82) is 0 Å². The van der Waals surface area contributed by atoms with Gasteiger partial charge in [0.2, 0.25) is 0 Å². The van der Waals surface area contributed by atoms with Crippen LogP contribution in [0.1, 0.15) is 79.1 Å². The third-order valence-corrected chi connectivity index (χ3v) is 4.99. The van der Waals surface area contributed by atoms with E-state index in [-0.39, 0.29) is 0 Å². The molecule has 0 aromatic heterocycles. The van der Waals surface area contributed by atoms with Gasteiger partial charge in [0.1, 0.15) is 0 Å². The topological polar surface area (TPSA) is 74.6 Å². The van der Waals surface area contributed by atoms with Crippen molar-refractivity contribution < 1.29 is 19.8 Å². The number of rotatable bonds is 11. The molecule has 0 amide bonds. The maximum Gasteiger partial charge on any atom is 0.309 e. The Balaban J connectivity index is 4.20. The molecule has 20 heavy (non-hydrogen) atoms. The predicted octanol–water partition coefficient (Wildman–Crippen LogP) is 4.33. The quantitative estimate of drug-likeness (QED) is 0.554. The van der Waals surface area contributed by atoms with Gasteiger partial charge in [-0.3, -0.25) is 9.59 Å². The van der Waals surface area contributed by atoms with Crippen LogP contribution in [0.15, 0.2) is 0 Å². The van der Waals surface area contributed by atoms with Gasteiger partial charge in [-0.2, -0.15) is 0 Å². The molecular formula is C16H30O4. The summed E-state index contributed by atoms with van der Waals surface area (Å²) in [6.07, 6.45) is 5.89. The molecule has 4 nitrogen and oxygen atoms in total. The summed E-state index contributed by atoms with van der Waals surface area (Å²) in [5, 5.41) is 18.5. The normalized spacial score (nSPS) is 14.8. The van der Waals surface area contributed by atoms with Crippen LogP contribution in [0.3, 0.4) is 0 Å². The highest BCUT2D eigenvalue weighted by Gasteiger charge is 2.34. The van der Waals surface area contributed by atoms with Gasteiger partial charge in [-0.15, -0.1) is 0 Å². The second kappa shape index (κ2) is 8.28. The summed E-state index contributed by atoms with van der Waals surface area (Å²) in [4.78, 5) is 22.5. The van der Waals surface area contributed by atoms with E-state index < -0.39 is 22.8 Å². The summed E-state index contributed by atoms with van der Waals surface area (Å²) < 4.78 is 0. The molecule has 1 atom stereocenters. The van der Waals surface area contributed by atoms with Gasteiger partial charge in [-0.05, 0) is 39.0 Å². The molecule has 0 aromatic rings. The van der Waals surface area contributed by atoms with Crippen molar-refractivity contribution in [2.75, 3.05) is 0 Å². The molecule has 0 aromatic carbocycles. The van der Waals surface area contributed by atoms with Gasteiger partial charge in [-0.1, -0.05) is 40.0 Å². The number of carbonyl (C=O) groups is 2. The fourth-order valence-corrected chi connectivity index (χ4v) is 2.60. The monoisotopic (exact) mass is 286 g/mol. The molecule has 0 heterocycles. The Morgan fingerprint density at radius 3 is 1.65 bits per heavy atom. The average molecular weight is 286 g/mol. The van der Waals surface area contributed by atoms with E-state index in [1.54, 1.807) is 6.92 Å². The summed E-state index contributed by atoms with van der Waals surface area (Å²) in [6.45, 7) is 7.54. The molecule has 0 radical (unpaired) electrons. The van der Waals surface area contributed by atoms with E-state index in [0.717, 1.165) is 19.3 Å². The number of carboxylic acids is 2. The van der Waals surface area contributed by atoms with Crippen molar-refractivity contribution in [1.82, 2.24) is 0 Å². The highest BCUT2D eigenvalue weighted by molar-refractivity contribution is 5.74. The Morgan fingerprint density at radius 1 is 0.800 bits per heavy atom. The lowest BCUT2D eigenvalue weighted by molar-refractivity contribution is -0.150. The minimum Gasteiger partial charge on any atom is -0.481 e. The highest BCUT2D eigenvalue weighted by Crippen LogP contribution is 2.34. The molecule has 4 heteroatoms. The minimum absolute atomic E-state index is 0.596. The smallest absolute Gasteiger partial charge is 0.309 e. The Kier molecular flexibility index (Phi) is 7.84. The SMILES string of the molecule is CCC(C)(CCCCCC(CC)(CC)C(=O)O)C(=O)O. The van der Waals surface area contributed by atoms with Gasteiger partial charge >= 0.3 is 11.9 Å². The summed E-state index contributed by atoms with van der Waals surface area (Å²) in [5.74, 6) is -1.44. The third kappa shape index (κ3) is 4.80. The lowest BCUT2D eigenvalue weighted by Gasteiger charge is -2.27. The summed E-state index contributed by atoms with van der Waals surface area (Å²) in [7, 11) is 0. The maximum absolute atomic E-state index is 11.4. The first-order valence-corrected chi connectivity index (χ1v) is 7.74. The van der Waals surface area contributed by atoms with E-state index in [4.69, 9.17) is 0 Å². The van der Waals surface area contributed by atoms with Crippen LogP contribution in [0.2, 0.25) is 0 Å². The number of aliphatic carboxylic acids is 2. The van der Waals surface area contributed by atoms with E-state index in [1.165, 1.54) is 0 Å². The predicted molar refractivity (Wildman–Crippen MR) is 79.8 cm³/mol.